The maximum Gasteiger partial charge on any atom is 0.337 e. The zero-order valence-corrected chi connectivity index (χ0v) is 56.2. The van der Waals surface area contributed by atoms with E-state index in [1.54, 1.807) is 136 Å². The number of rotatable bonds is 11. The van der Waals surface area contributed by atoms with Crippen LogP contribution in [-0.4, -0.2) is 93.7 Å². The van der Waals surface area contributed by atoms with Gasteiger partial charge in [-0.15, -0.1) is 34.8 Å². The van der Waals surface area contributed by atoms with Crippen LogP contribution in [0.2, 0.25) is 0 Å². The van der Waals surface area contributed by atoms with E-state index in [1.165, 1.54) is 0 Å². The topological polar surface area (TPSA) is 302 Å². The minimum Gasteiger partial charge on any atom is -0.478 e. The van der Waals surface area contributed by atoms with Gasteiger partial charge in [0.1, 0.15) is 11.8 Å². The number of carboxylic acid groups (broad SMARTS) is 4. The highest BCUT2D eigenvalue weighted by molar-refractivity contribution is 14.1. The second kappa shape index (κ2) is 33.9. The average Bonchev–Trinajstić information content (AvgIpc) is 3.16. The fraction of sp³-hybridized carbons (Fsp3) is 0.100. The van der Waals surface area contributed by atoms with Crippen LogP contribution in [0.1, 0.15) is 62.1 Å². The Morgan fingerprint density at radius 3 is 0.831 bits per heavy atom. The van der Waals surface area contributed by atoms with Crippen LogP contribution in [0.5, 0.6) is 0 Å². The van der Waals surface area contributed by atoms with E-state index in [-0.39, 0.29) is 76.7 Å². The van der Waals surface area contributed by atoms with E-state index in [0.29, 0.717) is 23.5 Å². The predicted molar refractivity (Wildman–Crippen MR) is 327 cm³/mol. The van der Waals surface area contributed by atoms with E-state index in [0.717, 1.165) is 0 Å². The van der Waals surface area contributed by atoms with Crippen molar-refractivity contribution in [2.45, 2.75) is 0 Å². The molecule has 3 aromatic carbocycles. The summed E-state index contributed by atoms with van der Waals surface area (Å²) >= 11 is 47.5. The molecule has 3 rings (SSSR count). The molecule has 0 fully saturated rings. The van der Waals surface area contributed by atoms with Crippen molar-refractivity contribution < 1.29 is 67.8 Å². The summed E-state index contributed by atoms with van der Waals surface area (Å²) in [7, 11) is 7.36. The third-order valence-corrected chi connectivity index (χ3v) is 17.3. The highest BCUT2D eigenvalue weighted by atomic mass is 127. The maximum atomic E-state index is 11.5. The number of halogens is 17. The van der Waals surface area contributed by atoms with E-state index in [4.69, 9.17) is 89.8 Å². The van der Waals surface area contributed by atoms with Gasteiger partial charge >= 0.3 is 23.9 Å². The van der Waals surface area contributed by atoms with E-state index < -0.39 is 60.6 Å². The Kier molecular flexibility index (Phi) is 36.2. The van der Waals surface area contributed by atoms with Crippen LogP contribution >= 0.6 is 294 Å². The number of nitrogens with two attached hydrogens (primary N) is 1. The SMILES string of the molecule is Nc1c(I)c(C(=O)O)c(I)c(C(=O)O)c1I.O=C(CCl)Nc1c(I)c(C(=O)Cl)c(I)c(C(=O)Cl)c1I.O=C(CCl)Nc1c(I)c(C(=O)O)c(I)c(C(=O)O)c1I.O=C(Cl)CCl.O=S(Cl)Cl. The molecule has 0 radical (unpaired) electrons. The zero-order chi connectivity index (χ0) is 51.7. The van der Waals surface area contributed by atoms with Crippen LogP contribution in [0.25, 0.3) is 0 Å². The van der Waals surface area contributed by atoms with Gasteiger partial charge in [0.2, 0.25) is 26.3 Å². The first kappa shape index (κ1) is 69.4. The predicted octanol–water partition coefficient (Wildman–Crippen LogP) is 12.0. The van der Waals surface area contributed by atoms with Gasteiger partial charge in [-0.05, 0) is 238 Å². The monoisotopic (exact) mass is 2090 g/mol. The Hall–Kier alpha value is 2.33. The van der Waals surface area contributed by atoms with Gasteiger partial charge < -0.3 is 36.8 Å². The molecule has 17 nitrogen and oxygen atoms in total. The molecule has 0 saturated heterocycles. The minimum absolute atomic E-state index is 0.0588. The Balaban J connectivity index is 0. The third kappa shape index (κ3) is 21.8. The van der Waals surface area contributed by atoms with Crippen LogP contribution in [0, 0.1) is 32.1 Å². The number of hydrogen-bond donors (Lipinski definition) is 7. The van der Waals surface area contributed by atoms with Gasteiger partial charge in [-0.25, -0.2) is 23.4 Å². The lowest BCUT2D eigenvalue weighted by atomic mass is 10.1. The molecular weight excluding hydrogens is 2080 g/mol. The van der Waals surface area contributed by atoms with Crippen LogP contribution in [0.15, 0.2) is 0 Å². The van der Waals surface area contributed by atoms with Gasteiger partial charge in [0.05, 0.1) is 77.7 Å². The number of benzene rings is 3. The summed E-state index contributed by atoms with van der Waals surface area (Å²) in [4.78, 5) is 100.0. The summed E-state index contributed by atoms with van der Waals surface area (Å²) in [5, 5.41) is 39.4. The molecule has 0 bridgehead atoms. The molecule has 65 heavy (non-hydrogen) atoms. The van der Waals surface area contributed by atoms with E-state index >= 15 is 0 Å². The van der Waals surface area contributed by atoms with Gasteiger partial charge in [-0.3, -0.25) is 24.0 Å². The van der Waals surface area contributed by atoms with Crippen molar-refractivity contribution in [1.82, 2.24) is 0 Å². The van der Waals surface area contributed by atoms with E-state index in [9.17, 15) is 53.4 Å². The molecule has 0 aliphatic carbocycles. The van der Waals surface area contributed by atoms with Crippen LogP contribution < -0.4 is 16.4 Å². The van der Waals surface area contributed by atoms with Crippen molar-refractivity contribution in [1.29, 1.82) is 0 Å². The van der Waals surface area contributed by atoms with E-state index in [1.807, 2.05) is 67.8 Å². The molecule has 0 heterocycles. The maximum absolute atomic E-state index is 11.5. The molecule has 0 aliphatic rings. The number of carboxylic acids is 4. The van der Waals surface area contributed by atoms with Crippen molar-refractivity contribution >= 4 is 372 Å². The second-order valence-electron chi connectivity index (χ2n) is 10.0. The lowest BCUT2D eigenvalue weighted by molar-refractivity contribution is -0.114. The van der Waals surface area contributed by atoms with Crippen molar-refractivity contribution in [3.8, 4) is 0 Å². The lowest BCUT2D eigenvalue weighted by Crippen LogP contribution is -2.20. The Labute approximate surface area is 529 Å². The van der Waals surface area contributed by atoms with Crippen LogP contribution in [0.4, 0.5) is 17.1 Å². The average molecular weight is 2100 g/mol. The molecule has 358 valence electrons. The fourth-order valence-corrected chi connectivity index (χ4v) is 17.7. The lowest BCUT2D eigenvalue weighted by Gasteiger charge is -2.16. The fourth-order valence-electron chi connectivity index (χ4n) is 3.67. The third-order valence-electron chi connectivity index (χ3n) is 6.11. The summed E-state index contributed by atoms with van der Waals surface area (Å²) in [5.41, 5.74) is 6.14. The number of nitrogen functional groups attached to an aromatic ring is 1. The molecule has 0 spiro atoms. The van der Waals surface area contributed by atoms with Crippen molar-refractivity contribution in [3.05, 3.63) is 65.5 Å². The zero-order valence-electron chi connectivity index (χ0n) is 29.9. The van der Waals surface area contributed by atoms with Crippen molar-refractivity contribution in [2.75, 3.05) is 34.0 Å². The van der Waals surface area contributed by atoms with Gasteiger partial charge in [0.15, 0.2) is 0 Å². The molecule has 2 amide bonds. The number of carbonyl (C=O) groups excluding carboxylic acids is 5. The quantitative estimate of drug-likeness (QED) is 0.0406. The molecule has 8 N–H and O–H groups in total. The first-order chi connectivity index (χ1) is 29.7. The molecule has 0 unspecified atom stereocenters. The Morgan fingerprint density at radius 1 is 0.446 bits per heavy atom. The normalized spacial score (nSPS) is 9.94. The Bertz CT molecular complexity index is 2240. The minimum atomic E-state index is -1.67. The number of anilines is 3. The number of amides is 2. The molecule has 0 atom stereocenters. The summed E-state index contributed by atoms with van der Waals surface area (Å²) in [6, 6.07) is 0. The smallest absolute Gasteiger partial charge is 0.337 e. The molecular formula is C30H14Cl8I9N3O14S. The number of aromatic carboxylic acids is 4. The summed E-state index contributed by atoms with van der Waals surface area (Å²) in [6.45, 7) is 0. The molecule has 0 saturated carbocycles. The van der Waals surface area contributed by atoms with Gasteiger partial charge in [-0.2, -0.15) is 0 Å². The summed E-state index contributed by atoms with van der Waals surface area (Å²) < 4.78 is 11.8. The Morgan fingerprint density at radius 2 is 0.646 bits per heavy atom. The molecule has 35 heteroatoms. The number of nitrogens with one attached hydrogen (secondary N) is 2. The second-order valence-corrected chi connectivity index (χ2v) is 24.2. The highest BCUT2D eigenvalue weighted by Crippen LogP contribution is 2.38. The van der Waals surface area contributed by atoms with Crippen molar-refractivity contribution in [2.24, 2.45) is 0 Å². The van der Waals surface area contributed by atoms with Crippen LogP contribution in [-0.2, 0) is 23.6 Å². The summed E-state index contributed by atoms with van der Waals surface area (Å²) in [5.74, 6) is -6.57. The molecule has 0 aromatic heterocycles. The van der Waals surface area contributed by atoms with Gasteiger partial charge in [0.25, 0.3) is 10.5 Å². The van der Waals surface area contributed by atoms with Crippen LogP contribution in [0.3, 0.4) is 0 Å². The van der Waals surface area contributed by atoms with Gasteiger partial charge in [0, 0.05) is 32.1 Å². The number of hydrogen-bond acceptors (Lipinski definition) is 11. The largest absolute Gasteiger partial charge is 0.478 e. The van der Waals surface area contributed by atoms with Crippen molar-refractivity contribution in [3.63, 3.8) is 0 Å². The first-order valence-electron chi connectivity index (χ1n) is 14.6. The van der Waals surface area contributed by atoms with Gasteiger partial charge in [-0.1, -0.05) is 0 Å². The number of carbonyl (C=O) groups is 9. The van der Waals surface area contributed by atoms with E-state index in [2.05, 4.69) is 32.0 Å². The molecule has 0 aliphatic heterocycles. The summed E-state index contributed by atoms with van der Waals surface area (Å²) in [6.07, 6.45) is 0. The highest BCUT2D eigenvalue weighted by Gasteiger charge is 2.30. The molecule has 3 aromatic rings. The standard InChI is InChI=1S/C10H3Cl3I3NO3.C10H5ClI3NO5.C8H4I3NO4.C2H2Cl2O.Cl2OS/c11-1-2(18)17-8-6(15)3(9(12)19)5(14)4(7(8)16)10(13)20;11-1-2(16)15-8-6(13)3(9(17)18)5(12)4(7(8)14)10(19)20;9-3-1(7(13)14)4(10)6(12)5(11)2(3)8(15)16;3-1-2(4)5;1-4(2)3/h1H2,(H,17,18);1H2,(H,15,16)(H,17,18)(H,19,20);12H2,(H,13,14)(H,15,16);1H2;. The first-order valence-corrected chi connectivity index (χ1v) is 29.9. The number of alkyl halides is 3.